The normalized spacial score (nSPS) is 11.7. The number of hydrogen-bond donors (Lipinski definition) is 0. The van der Waals surface area contributed by atoms with E-state index >= 15 is 0 Å². The van der Waals surface area contributed by atoms with E-state index in [1.54, 1.807) is 0 Å². The van der Waals surface area contributed by atoms with Gasteiger partial charge in [-0.15, -0.1) is 0 Å². The van der Waals surface area contributed by atoms with Crippen LogP contribution in [-0.4, -0.2) is 18.2 Å². The zero-order chi connectivity index (χ0) is 16.2. The molecule has 0 fully saturated rings. The zero-order valence-corrected chi connectivity index (χ0v) is 14.0. The third-order valence-corrected chi connectivity index (χ3v) is 3.81. The van der Waals surface area contributed by atoms with Crippen molar-refractivity contribution < 1.29 is 4.79 Å². The molecule has 2 aromatic rings. The highest BCUT2D eigenvalue weighted by atomic mass is 16.1. The predicted molar refractivity (Wildman–Crippen MR) is 92.1 cm³/mol. The van der Waals surface area contributed by atoms with Crippen LogP contribution in [0.25, 0.3) is 0 Å². The maximum atomic E-state index is 10.8. The number of carbonyl (C=O) groups is 1. The lowest BCUT2D eigenvalue weighted by atomic mass is 9.87. The van der Waals surface area contributed by atoms with Crippen molar-refractivity contribution in [3.05, 3.63) is 70.8 Å². The van der Waals surface area contributed by atoms with Crippen LogP contribution in [0, 0.1) is 0 Å². The van der Waals surface area contributed by atoms with E-state index in [1.807, 2.05) is 18.2 Å². The van der Waals surface area contributed by atoms with E-state index in [4.69, 9.17) is 0 Å². The van der Waals surface area contributed by atoms with Crippen LogP contribution >= 0.6 is 0 Å². The van der Waals surface area contributed by atoms with Crippen molar-refractivity contribution in [1.82, 2.24) is 4.90 Å². The topological polar surface area (TPSA) is 20.3 Å². The highest BCUT2D eigenvalue weighted by Crippen LogP contribution is 2.22. The van der Waals surface area contributed by atoms with Gasteiger partial charge >= 0.3 is 0 Å². The van der Waals surface area contributed by atoms with Gasteiger partial charge < -0.3 is 0 Å². The second kappa shape index (κ2) is 6.89. The molecule has 2 aromatic carbocycles. The van der Waals surface area contributed by atoms with Crippen molar-refractivity contribution in [3.63, 3.8) is 0 Å². The summed E-state index contributed by atoms with van der Waals surface area (Å²) in [5, 5.41) is 0. The van der Waals surface area contributed by atoms with Crippen LogP contribution in [0.3, 0.4) is 0 Å². The Hall–Kier alpha value is -1.93. The minimum Gasteiger partial charge on any atom is -0.298 e. The van der Waals surface area contributed by atoms with Gasteiger partial charge in [0.1, 0.15) is 6.29 Å². The summed E-state index contributed by atoms with van der Waals surface area (Å²) in [4.78, 5) is 13.1. The van der Waals surface area contributed by atoms with Crippen molar-refractivity contribution in [2.24, 2.45) is 0 Å². The molecule has 2 nitrogen and oxygen atoms in total. The second-order valence-electron chi connectivity index (χ2n) is 6.98. The van der Waals surface area contributed by atoms with Gasteiger partial charge in [-0.2, -0.15) is 0 Å². The average Bonchev–Trinajstić information content (AvgIpc) is 2.47. The molecule has 0 aliphatic carbocycles. The van der Waals surface area contributed by atoms with Crippen LogP contribution in [0.1, 0.15) is 47.8 Å². The first-order valence-electron chi connectivity index (χ1n) is 7.70. The Bertz CT molecular complexity index is 623. The summed E-state index contributed by atoms with van der Waals surface area (Å²) in [5.74, 6) is 0. The van der Waals surface area contributed by atoms with Gasteiger partial charge in [0, 0.05) is 18.7 Å². The number of nitrogens with zero attached hydrogens (tertiary/aromatic N) is 1. The molecule has 22 heavy (non-hydrogen) atoms. The third-order valence-electron chi connectivity index (χ3n) is 3.81. The van der Waals surface area contributed by atoms with Gasteiger partial charge in [-0.05, 0) is 35.2 Å². The minimum absolute atomic E-state index is 0.194. The zero-order valence-electron chi connectivity index (χ0n) is 14.0. The summed E-state index contributed by atoms with van der Waals surface area (Å²) in [5.41, 5.74) is 4.76. The fourth-order valence-electron chi connectivity index (χ4n) is 2.55. The molecule has 2 rings (SSSR count). The monoisotopic (exact) mass is 295 g/mol. The standard InChI is InChI=1S/C20H25NO/c1-20(2,3)19-10-8-16(9-11-19)13-21(4)14-17-6-5-7-18(12-17)15-22/h5-12,15H,13-14H2,1-4H3. The molecule has 0 radical (unpaired) electrons. The summed E-state index contributed by atoms with van der Waals surface area (Å²) in [6, 6.07) is 16.6. The van der Waals surface area contributed by atoms with Gasteiger partial charge in [0.05, 0.1) is 0 Å². The van der Waals surface area contributed by atoms with Crippen molar-refractivity contribution in [2.45, 2.75) is 39.3 Å². The summed E-state index contributed by atoms with van der Waals surface area (Å²) in [6.45, 7) is 8.43. The van der Waals surface area contributed by atoms with Gasteiger partial charge in [0.2, 0.25) is 0 Å². The number of carbonyl (C=O) groups excluding carboxylic acids is 1. The first-order valence-corrected chi connectivity index (χ1v) is 7.70. The van der Waals surface area contributed by atoms with Crippen molar-refractivity contribution >= 4 is 6.29 Å². The maximum absolute atomic E-state index is 10.8. The SMILES string of the molecule is CN(Cc1ccc(C(C)(C)C)cc1)Cc1cccc(C=O)c1. The molecular formula is C20H25NO. The van der Waals surface area contributed by atoms with E-state index in [-0.39, 0.29) is 5.41 Å². The molecule has 2 heteroatoms. The molecule has 0 aromatic heterocycles. The number of hydrogen-bond acceptors (Lipinski definition) is 2. The lowest BCUT2D eigenvalue weighted by Crippen LogP contribution is -2.17. The van der Waals surface area contributed by atoms with Crippen LogP contribution in [0.2, 0.25) is 0 Å². The molecule has 0 unspecified atom stereocenters. The van der Waals surface area contributed by atoms with E-state index in [2.05, 4.69) is 63.1 Å². The Morgan fingerprint density at radius 3 is 2.18 bits per heavy atom. The fraction of sp³-hybridized carbons (Fsp3) is 0.350. The van der Waals surface area contributed by atoms with E-state index in [1.165, 1.54) is 16.7 Å². The molecule has 0 spiro atoms. The average molecular weight is 295 g/mol. The van der Waals surface area contributed by atoms with E-state index in [0.29, 0.717) is 0 Å². The Balaban J connectivity index is 1.99. The lowest BCUT2D eigenvalue weighted by Gasteiger charge is -2.21. The summed E-state index contributed by atoms with van der Waals surface area (Å²) < 4.78 is 0. The molecule has 0 amide bonds. The van der Waals surface area contributed by atoms with Crippen LogP contribution in [0.15, 0.2) is 48.5 Å². The van der Waals surface area contributed by atoms with Gasteiger partial charge in [0.25, 0.3) is 0 Å². The number of benzene rings is 2. The van der Waals surface area contributed by atoms with Gasteiger partial charge in [-0.1, -0.05) is 63.2 Å². The fourth-order valence-corrected chi connectivity index (χ4v) is 2.55. The Kier molecular flexibility index (Phi) is 5.15. The summed E-state index contributed by atoms with van der Waals surface area (Å²) in [6.07, 6.45) is 0.898. The minimum atomic E-state index is 0.194. The third kappa shape index (κ3) is 4.54. The van der Waals surface area contributed by atoms with Crippen LogP contribution in [0.5, 0.6) is 0 Å². The molecule has 0 N–H and O–H groups in total. The van der Waals surface area contributed by atoms with E-state index in [9.17, 15) is 4.79 Å². The Morgan fingerprint density at radius 2 is 1.59 bits per heavy atom. The van der Waals surface area contributed by atoms with Crippen molar-refractivity contribution in [3.8, 4) is 0 Å². The lowest BCUT2D eigenvalue weighted by molar-refractivity contribution is 0.112. The molecule has 116 valence electrons. The smallest absolute Gasteiger partial charge is 0.150 e. The molecular weight excluding hydrogens is 270 g/mol. The molecule has 0 saturated heterocycles. The molecule has 0 heterocycles. The van der Waals surface area contributed by atoms with E-state index in [0.717, 1.165) is 24.9 Å². The van der Waals surface area contributed by atoms with Crippen molar-refractivity contribution in [2.75, 3.05) is 7.05 Å². The van der Waals surface area contributed by atoms with Crippen LogP contribution in [0.4, 0.5) is 0 Å². The second-order valence-corrected chi connectivity index (χ2v) is 6.98. The maximum Gasteiger partial charge on any atom is 0.150 e. The van der Waals surface area contributed by atoms with Crippen LogP contribution < -0.4 is 0 Å². The van der Waals surface area contributed by atoms with Gasteiger partial charge in [-0.25, -0.2) is 0 Å². The molecule has 0 saturated carbocycles. The first-order chi connectivity index (χ1) is 10.4. The summed E-state index contributed by atoms with van der Waals surface area (Å²) >= 11 is 0. The molecule has 0 aliphatic rings. The van der Waals surface area contributed by atoms with Gasteiger partial charge in [0.15, 0.2) is 0 Å². The largest absolute Gasteiger partial charge is 0.298 e. The quantitative estimate of drug-likeness (QED) is 0.761. The van der Waals surface area contributed by atoms with E-state index < -0.39 is 0 Å². The number of aldehydes is 1. The highest BCUT2D eigenvalue weighted by Gasteiger charge is 2.13. The van der Waals surface area contributed by atoms with Gasteiger partial charge in [-0.3, -0.25) is 9.69 Å². The number of rotatable bonds is 5. The first kappa shape index (κ1) is 16.4. The molecule has 0 bridgehead atoms. The Morgan fingerprint density at radius 1 is 0.955 bits per heavy atom. The molecule has 0 aliphatic heterocycles. The van der Waals surface area contributed by atoms with Crippen LogP contribution in [-0.2, 0) is 18.5 Å². The Labute approximate surface area is 133 Å². The predicted octanol–water partition coefficient (Wildman–Crippen LogP) is 4.43. The summed E-state index contributed by atoms with van der Waals surface area (Å²) in [7, 11) is 2.10. The van der Waals surface area contributed by atoms with Crippen molar-refractivity contribution in [1.29, 1.82) is 0 Å². The highest BCUT2D eigenvalue weighted by molar-refractivity contribution is 5.74. The molecule has 0 atom stereocenters.